The van der Waals surface area contributed by atoms with Gasteiger partial charge in [-0.15, -0.1) is 11.3 Å². The maximum Gasteiger partial charge on any atom is 0.266 e. The Morgan fingerprint density at radius 2 is 2.14 bits per heavy atom. The lowest BCUT2D eigenvalue weighted by Crippen LogP contribution is -2.20. The molecule has 2 aromatic heterocycles. The smallest absolute Gasteiger partial charge is 0.266 e. The number of carbonyl (C=O) groups is 1. The van der Waals surface area contributed by atoms with Crippen molar-refractivity contribution in [1.82, 2.24) is 9.55 Å². The number of aromatic nitrogens is 2. The number of hydrogen-bond donors (Lipinski definition) is 1. The number of ether oxygens (including phenoxy) is 1. The van der Waals surface area contributed by atoms with E-state index in [2.05, 4.69) is 17.2 Å². The van der Waals surface area contributed by atoms with Crippen molar-refractivity contribution in [3.8, 4) is 5.75 Å². The van der Waals surface area contributed by atoms with Gasteiger partial charge in [0.05, 0.1) is 29.4 Å². The van der Waals surface area contributed by atoms with Crippen molar-refractivity contribution in [1.29, 1.82) is 0 Å². The number of nitrogens with zero attached hydrogens (tertiary/aromatic N) is 2. The third-order valence-corrected chi connectivity index (χ3v) is 5.97. The molecular weight excluding hydrogens is 398 g/mol. The quantitative estimate of drug-likeness (QED) is 0.554. The first kappa shape index (κ1) is 20.4. The molecule has 8 heteroatoms. The highest BCUT2D eigenvalue weighted by Gasteiger charge is 2.20. The van der Waals surface area contributed by atoms with Crippen LogP contribution in [0.25, 0.3) is 10.2 Å². The third kappa shape index (κ3) is 4.05. The Hall–Kier alpha value is -2.38. The zero-order chi connectivity index (χ0) is 20.3. The number of amides is 1. The van der Waals surface area contributed by atoms with Gasteiger partial charge >= 0.3 is 0 Å². The van der Waals surface area contributed by atoms with Crippen LogP contribution in [0.3, 0.4) is 0 Å². The molecule has 28 heavy (non-hydrogen) atoms. The third-order valence-electron chi connectivity index (χ3n) is 4.54. The highest BCUT2D eigenvalue weighted by atomic mass is 35.5. The zero-order valence-electron chi connectivity index (χ0n) is 16.0. The molecule has 0 aliphatic heterocycles. The minimum Gasteiger partial charge on any atom is -0.495 e. The van der Waals surface area contributed by atoms with E-state index in [1.165, 1.54) is 18.4 Å². The van der Waals surface area contributed by atoms with E-state index < -0.39 is 0 Å². The average Bonchev–Trinajstić information content (AvgIpc) is 3.01. The Kier molecular flexibility index (Phi) is 6.36. The maximum atomic E-state index is 12.9. The van der Waals surface area contributed by atoms with Gasteiger partial charge in [0.2, 0.25) is 0 Å². The van der Waals surface area contributed by atoms with Gasteiger partial charge in [0.25, 0.3) is 11.5 Å². The van der Waals surface area contributed by atoms with Gasteiger partial charge in [-0.05, 0) is 37.1 Å². The maximum absolute atomic E-state index is 12.9. The predicted octanol–water partition coefficient (Wildman–Crippen LogP) is 4.87. The van der Waals surface area contributed by atoms with Crippen LogP contribution in [0, 0.1) is 6.92 Å². The van der Waals surface area contributed by atoms with Gasteiger partial charge in [-0.3, -0.25) is 14.2 Å². The molecule has 1 amide bonds. The van der Waals surface area contributed by atoms with Gasteiger partial charge in [-0.1, -0.05) is 31.4 Å². The number of benzene rings is 1. The normalized spacial score (nSPS) is 11.0. The number of hydrogen-bond acceptors (Lipinski definition) is 5. The van der Waals surface area contributed by atoms with Crippen LogP contribution in [-0.4, -0.2) is 22.6 Å². The van der Waals surface area contributed by atoms with Crippen LogP contribution in [0.15, 0.2) is 29.3 Å². The van der Waals surface area contributed by atoms with E-state index in [-0.39, 0.29) is 11.5 Å². The van der Waals surface area contributed by atoms with Gasteiger partial charge < -0.3 is 10.1 Å². The fourth-order valence-electron chi connectivity index (χ4n) is 3.02. The molecular formula is C20H22ClN3O3S. The molecule has 0 aliphatic rings. The van der Waals surface area contributed by atoms with E-state index in [0.717, 1.165) is 19.3 Å². The number of methoxy groups -OCH3 is 1. The van der Waals surface area contributed by atoms with Crippen LogP contribution in [0.1, 0.15) is 41.4 Å². The topological polar surface area (TPSA) is 73.2 Å². The molecule has 0 aliphatic carbocycles. The van der Waals surface area contributed by atoms with Gasteiger partial charge in [0.15, 0.2) is 0 Å². The highest BCUT2D eigenvalue weighted by Crippen LogP contribution is 2.31. The van der Waals surface area contributed by atoms with Crippen molar-refractivity contribution in [2.24, 2.45) is 0 Å². The highest BCUT2D eigenvalue weighted by molar-refractivity contribution is 7.20. The lowest BCUT2D eigenvalue weighted by molar-refractivity contribution is 0.102. The van der Waals surface area contributed by atoms with E-state index in [1.807, 2.05) is 0 Å². The average molecular weight is 420 g/mol. The van der Waals surface area contributed by atoms with E-state index in [4.69, 9.17) is 16.3 Å². The number of unbranched alkanes of at least 4 members (excludes halogenated alkanes) is 2. The van der Waals surface area contributed by atoms with Crippen LogP contribution in [0.2, 0.25) is 5.02 Å². The molecule has 0 saturated carbocycles. The van der Waals surface area contributed by atoms with E-state index in [1.54, 1.807) is 36.0 Å². The number of halogens is 1. The molecule has 2 heterocycles. The number of carbonyl (C=O) groups excluding carboxylic acids is 1. The number of rotatable bonds is 7. The predicted molar refractivity (Wildman–Crippen MR) is 114 cm³/mol. The summed E-state index contributed by atoms with van der Waals surface area (Å²) in [4.78, 5) is 31.1. The summed E-state index contributed by atoms with van der Waals surface area (Å²) in [6.45, 7) is 4.53. The Morgan fingerprint density at radius 1 is 1.36 bits per heavy atom. The Morgan fingerprint density at radius 3 is 2.86 bits per heavy atom. The molecule has 0 saturated heterocycles. The van der Waals surface area contributed by atoms with Crippen LogP contribution in [0.5, 0.6) is 5.75 Å². The second kappa shape index (κ2) is 8.75. The molecule has 6 nitrogen and oxygen atoms in total. The molecule has 0 radical (unpaired) electrons. The summed E-state index contributed by atoms with van der Waals surface area (Å²) in [5.74, 6) is 0.186. The van der Waals surface area contributed by atoms with Crippen LogP contribution < -0.4 is 15.6 Å². The molecule has 0 bridgehead atoms. The van der Waals surface area contributed by atoms with Gasteiger partial charge in [0, 0.05) is 11.6 Å². The van der Waals surface area contributed by atoms with Crippen molar-refractivity contribution in [2.45, 2.75) is 39.7 Å². The molecule has 1 aromatic carbocycles. The first-order chi connectivity index (χ1) is 13.5. The van der Waals surface area contributed by atoms with Crippen LogP contribution >= 0.6 is 22.9 Å². The van der Waals surface area contributed by atoms with Crippen molar-refractivity contribution in [2.75, 3.05) is 12.4 Å². The standard InChI is InChI=1S/C20H22ClN3O3S/c1-4-5-6-9-24-11-22-19-16(20(24)26)12(2)17(28-19)18(25)23-14-10-13(21)7-8-15(14)27-3/h7-8,10-11H,4-6,9H2,1-3H3,(H,23,25). The summed E-state index contributed by atoms with van der Waals surface area (Å²) in [5.41, 5.74) is 1.01. The molecule has 0 atom stereocenters. The largest absolute Gasteiger partial charge is 0.495 e. The second-order valence-corrected chi connectivity index (χ2v) is 7.92. The Labute approximate surface area is 172 Å². The van der Waals surface area contributed by atoms with Gasteiger partial charge in [0.1, 0.15) is 10.6 Å². The lowest BCUT2D eigenvalue weighted by atomic mass is 10.2. The Bertz CT molecular complexity index is 1070. The van der Waals surface area contributed by atoms with Crippen molar-refractivity contribution in [3.63, 3.8) is 0 Å². The first-order valence-electron chi connectivity index (χ1n) is 9.09. The second-order valence-electron chi connectivity index (χ2n) is 6.49. The number of anilines is 1. The SMILES string of the molecule is CCCCCn1cnc2sc(C(=O)Nc3cc(Cl)ccc3OC)c(C)c2c1=O. The minimum absolute atomic E-state index is 0.103. The van der Waals surface area contributed by atoms with Gasteiger partial charge in [-0.25, -0.2) is 4.98 Å². The number of aryl methyl sites for hydroxylation is 2. The summed E-state index contributed by atoms with van der Waals surface area (Å²) in [5, 5.41) is 3.82. The summed E-state index contributed by atoms with van der Waals surface area (Å²) < 4.78 is 6.90. The zero-order valence-corrected chi connectivity index (χ0v) is 17.6. The van der Waals surface area contributed by atoms with Crippen LogP contribution in [-0.2, 0) is 6.54 Å². The van der Waals surface area contributed by atoms with Gasteiger partial charge in [-0.2, -0.15) is 0 Å². The lowest BCUT2D eigenvalue weighted by Gasteiger charge is -2.10. The van der Waals surface area contributed by atoms with E-state index in [0.29, 0.717) is 43.7 Å². The van der Waals surface area contributed by atoms with Crippen molar-refractivity contribution in [3.05, 3.63) is 50.3 Å². The van der Waals surface area contributed by atoms with Crippen molar-refractivity contribution >= 4 is 44.7 Å². The molecule has 3 aromatic rings. The number of nitrogens with one attached hydrogen (secondary N) is 1. The summed E-state index contributed by atoms with van der Waals surface area (Å²) in [6.07, 6.45) is 4.63. The Balaban J connectivity index is 1.94. The molecule has 0 unspecified atom stereocenters. The molecule has 1 N–H and O–H groups in total. The summed E-state index contributed by atoms with van der Waals surface area (Å²) >= 11 is 7.24. The van der Waals surface area contributed by atoms with Crippen LogP contribution in [0.4, 0.5) is 5.69 Å². The molecule has 3 rings (SSSR count). The molecule has 148 valence electrons. The fraction of sp³-hybridized carbons (Fsp3) is 0.350. The monoisotopic (exact) mass is 419 g/mol. The fourth-order valence-corrected chi connectivity index (χ4v) is 4.23. The summed E-state index contributed by atoms with van der Waals surface area (Å²) in [7, 11) is 1.52. The number of thiophene rings is 1. The van der Waals surface area contributed by atoms with Crippen molar-refractivity contribution < 1.29 is 9.53 Å². The minimum atomic E-state index is -0.321. The van der Waals surface area contributed by atoms with E-state index in [9.17, 15) is 9.59 Å². The summed E-state index contributed by atoms with van der Waals surface area (Å²) in [6, 6.07) is 5.00. The van der Waals surface area contributed by atoms with E-state index >= 15 is 0 Å². The molecule has 0 fully saturated rings. The molecule has 0 spiro atoms. The first-order valence-corrected chi connectivity index (χ1v) is 10.3. The number of fused-ring (bicyclic) bond motifs is 1.